The van der Waals surface area contributed by atoms with Crippen molar-refractivity contribution in [2.75, 3.05) is 19.8 Å². The zero-order valence-electron chi connectivity index (χ0n) is 10.1. The highest BCUT2D eigenvalue weighted by Gasteiger charge is 2.08. The molecule has 88 valence electrons. The third kappa shape index (κ3) is 14.6. The van der Waals surface area contributed by atoms with Crippen LogP contribution in [0.15, 0.2) is 0 Å². The lowest BCUT2D eigenvalue weighted by Crippen LogP contribution is -2.22. The molecule has 0 aromatic carbocycles. The SMILES string of the molecule is CCCO.CCC[SiH](OCC)OCC. The van der Waals surface area contributed by atoms with Gasteiger partial charge >= 0.3 is 9.28 Å². The van der Waals surface area contributed by atoms with Crippen LogP contribution in [0.1, 0.15) is 40.5 Å². The van der Waals surface area contributed by atoms with Crippen LogP contribution in [0.25, 0.3) is 0 Å². The van der Waals surface area contributed by atoms with Crippen LogP contribution in [0.2, 0.25) is 6.04 Å². The minimum Gasteiger partial charge on any atom is -0.397 e. The van der Waals surface area contributed by atoms with Gasteiger partial charge in [-0.05, 0) is 26.3 Å². The van der Waals surface area contributed by atoms with E-state index in [4.69, 9.17) is 14.0 Å². The monoisotopic (exact) mass is 222 g/mol. The molecule has 0 aliphatic rings. The van der Waals surface area contributed by atoms with Crippen molar-refractivity contribution in [1.82, 2.24) is 0 Å². The van der Waals surface area contributed by atoms with Gasteiger partial charge in [0.25, 0.3) is 0 Å². The van der Waals surface area contributed by atoms with Crippen molar-refractivity contribution >= 4 is 9.28 Å². The molecule has 4 heteroatoms. The Hall–Kier alpha value is 0.0969. The van der Waals surface area contributed by atoms with Gasteiger partial charge in [-0.1, -0.05) is 20.3 Å². The Morgan fingerprint density at radius 1 is 0.929 bits per heavy atom. The molecule has 0 fully saturated rings. The maximum Gasteiger partial charge on any atom is 0.321 e. The Bertz CT molecular complexity index is 75.2. The molecule has 0 saturated heterocycles. The van der Waals surface area contributed by atoms with Gasteiger partial charge in [-0.25, -0.2) is 0 Å². The van der Waals surface area contributed by atoms with E-state index in [-0.39, 0.29) is 0 Å². The first kappa shape index (κ1) is 16.5. The van der Waals surface area contributed by atoms with E-state index < -0.39 is 9.28 Å². The smallest absolute Gasteiger partial charge is 0.321 e. The molecule has 0 amide bonds. The van der Waals surface area contributed by atoms with Crippen molar-refractivity contribution in [3.63, 3.8) is 0 Å². The predicted molar refractivity (Wildman–Crippen MR) is 62.9 cm³/mol. The molecule has 1 N–H and O–H groups in total. The average molecular weight is 222 g/mol. The molecule has 0 aromatic rings. The highest BCUT2D eigenvalue weighted by atomic mass is 28.3. The summed E-state index contributed by atoms with van der Waals surface area (Å²) in [6.07, 6.45) is 2.05. The molecule has 0 rings (SSSR count). The van der Waals surface area contributed by atoms with Crippen LogP contribution >= 0.6 is 0 Å². The average Bonchev–Trinajstić information content (AvgIpc) is 2.20. The third-order valence-corrected chi connectivity index (χ3v) is 3.91. The Morgan fingerprint density at radius 2 is 1.36 bits per heavy atom. The van der Waals surface area contributed by atoms with Crippen LogP contribution in [0.4, 0.5) is 0 Å². The lowest BCUT2D eigenvalue weighted by molar-refractivity contribution is 0.213. The first-order chi connectivity index (χ1) is 6.76. The number of hydrogen-bond donors (Lipinski definition) is 1. The van der Waals surface area contributed by atoms with Crippen molar-refractivity contribution in [3.8, 4) is 0 Å². The van der Waals surface area contributed by atoms with Crippen molar-refractivity contribution < 1.29 is 14.0 Å². The summed E-state index contributed by atoms with van der Waals surface area (Å²) in [7, 11) is -1.23. The molecular formula is C10H26O3Si. The van der Waals surface area contributed by atoms with Crippen molar-refractivity contribution in [2.24, 2.45) is 0 Å². The molecule has 0 heterocycles. The summed E-state index contributed by atoms with van der Waals surface area (Å²) in [5.74, 6) is 0. The van der Waals surface area contributed by atoms with Gasteiger partial charge < -0.3 is 14.0 Å². The van der Waals surface area contributed by atoms with Crippen LogP contribution in [-0.4, -0.2) is 34.2 Å². The van der Waals surface area contributed by atoms with Crippen molar-refractivity contribution in [2.45, 2.75) is 46.6 Å². The fourth-order valence-corrected chi connectivity index (χ4v) is 2.47. The van der Waals surface area contributed by atoms with E-state index in [9.17, 15) is 0 Å². The van der Waals surface area contributed by atoms with Gasteiger partial charge in [0, 0.05) is 19.8 Å². The van der Waals surface area contributed by atoms with Gasteiger partial charge in [-0.2, -0.15) is 0 Å². The zero-order valence-corrected chi connectivity index (χ0v) is 11.2. The summed E-state index contributed by atoms with van der Waals surface area (Å²) < 4.78 is 10.9. The normalized spacial score (nSPS) is 9.86. The quantitative estimate of drug-likeness (QED) is 0.670. The molecule has 0 saturated carbocycles. The summed E-state index contributed by atoms with van der Waals surface area (Å²) in [5.41, 5.74) is 0. The predicted octanol–water partition coefficient (Wildman–Crippen LogP) is 2.08. The summed E-state index contributed by atoms with van der Waals surface area (Å²) in [4.78, 5) is 0. The van der Waals surface area contributed by atoms with Gasteiger partial charge in [0.1, 0.15) is 0 Å². The van der Waals surface area contributed by atoms with E-state index in [1.165, 1.54) is 6.42 Å². The molecular weight excluding hydrogens is 196 g/mol. The van der Waals surface area contributed by atoms with E-state index in [2.05, 4.69) is 6.92 Å². The fraction of sp³-hybridized carbons (Fsp3) is 1.00. The van der Waals surface area contributed by atoms with Crippen LogP contribution in [0.5, 0.6) is 0 Å². The summed E-state index contributed by atoms with van der Waals surface area (Å²) in [6.45, 7) is 10.1. The standard InChI is InChI=1S/C7H18O2Si.C3H8O/c1-4-7-10(8-5-2)9-6-3;1-2-3-4/h10H,4-7H2,1-3H3;4H,2-3H2,1H3. The van der Waals surface area contributed by atoms with Gasteiger partial charge in [-0.15, -0.1) is 0 Å². The van der Waals surface area contributed by atoms with E-state index in [1.54, 1.807) is 0 Å². The molecule has 0 aliphatic carbocycles. The second kappa shape index (κ2) is 15.6. The van der Waals surface area contributed by atoms with Crippen molar-refractivity contribution in [3.05, 3.63) is 0 Å². The fourth-order valence-electron chi connectivity index (χ4n) is 0.822. The topological polar surface area (TPSA) is 38.7 Å². The molecule has 0 radical (unpaired) electrons. The van der Waals surface area contributed by atoms with Gasteiger partial charge in [0.15, 0.2) is 0 Å². The van der Waals surface area contributed by atoms with E-state index >= 15 is 0 Å². The molecule has 0 aromatic heterocycles. The Morgan fingerprint density at radius 3 is 1.57 bits per heavy atom. The lowest BCUT2D eigenvalue weighted by Gasteiger charge is -2.12. The highest BCUT2D eigenvalue weighted by molar-refractivity contribution is 6.44. The maximum absolute atomic E-state index is 7.88. The van der Waals surface area contributed by atoms with Crippen LogP contribution < -0.4 is 0 Å². The first-order valence-electron chi connectivity index (χ1n) is 5.60. The summed E-state index contributed by atoms with van der Waals surface area (Å²) in [6, 6.07) is 1.14. The molecule has 0 spiro atoms. The second-order valence-electron chi connectivity index (χ2n) is 2.85. The van der Waals surface area contributed by atoms with Gasteiger partial charge in [-0.3, -0.25) is 0 Å². The lowest BCUT2D eigenvalue weighted by atomic mass is 10.5. The molecule has 14 heavy (non-hydrogen) atoms. The number of aliphatic hydroxyl groups excluding tert-OH is 1. The number of aliphatic hydroxyl groups is 1. The Kier molecular flexibility index (Phi) is 18.4. The molecule has 0 bridgehead atoms. The van der Waals surface area contributed by atoms with Gasteiger partial charge in [0.05, 0.1) is 0 Å². The van der Waals surface area contributed by atoms with Crippen LogP contribution in [0, 0.1) is 0 Å². The second-order valence-corrected chi connectivity index (χ2v) is 4.96. The van der Waals surface area contributed by atoms with Crippen molar-refractivity contribution in [1.29, 1.82) is 0 Å². The number of rotatable bonds is 7. The minimum atomic E-state index is -1.23. The maximum atomic E-state index is 7.88. The summed E-state index contributed by atoms with van der Waals surface area (Å²) >= 11 is 0. The largest absolute Gasteiger partial charge is 0.397 e. The van der Waals surface area contributed by atoms with E-state index in [0.29, 0.717) is 6.61 Å². The third-order valence-electron chi connectivity index (χ3n) is 1.45. The number of hydrogen-bond acceptors (Lipinski definition) is 3. The summed E-state index contributed by atoms with van der Waals surface area (Å²) in [5, 5.41) is 7.88. The Balaban J connectivity index is 0. The minimum absolute atomic E-state index is 0.319. The molecule has 0 atom stereocenters. The first-order valence-corrected chi connectivity index (χ1v) is 7.36. The Labute approximate surface area is 90.3 Å². The van der Waals surface area contributed by atoms with Crippen LogP contribution in [0.3, 0.4) is 0 Å². The molecule has 0 aliphatic heterocycles. The van der Waals surface area contributed by atoms with E-state index in [1.807, 2.05) is 20.8 Å². The van der Waals surface area contributed by atoms with Crippen LogP contribution in [-0.2, 0) is 8.85 Å². The highest BCUT2D eigenvalue weighted by Crippen LogP contribution is 1.99. The molecule has 3 nitrogen and oxygen atoms in total. The molecule has 0 unspecified atom stereocenters. The van der Waals surface area contributed by atoms with Gasteiger partial charge in [0.2, 0.25) is 0 Å². The van der Waals surface area contributed by atoms with E-state index in [0.717, 1.165) is 25.7 Å². The zero-order chi connectivity index (χ0) is 11.2.